The van der Waals surface area contributed by atoms with Gasteiger partial charge in [0, 0.05) is 17.4 Å². The summed E-state index contributed by atoms with van der Waals surface area (Å²) in [7, 11) is 0. The summed E-state index contributed by atoms with van der Waals surface area (Å²) in [4.78, 5) is 19.8. The van der Waals surface area contributed by atoms with E-state index in [1.165, 1.54) is 12.0 Å². The van der Waals surface area contributed by atoms with Gasteiger partial charge in [0.1, 0.15) is 5.69 Å². The van der Waals surface area contributed by atoms with Crippen molar-refractivity contribution in [2.45, 2.75) is 70.8 Å². The second-order valence-electron chi connectivity index (χ2n) is 9.68. The number of H-pyrrole nitrogens is 1. The van der Waals surface area contributed by atoms with Crippen LogP contribution in [0.4, 0.5) is 5.69 Å². The lowest BCUT2D eigenvalue weighted by atomic mass is 9.75. The van der Waals surface area contributed by atoms with E-state index < -0.39 is 5.60 Å². The van der Waals surface area contributed by atoms with Gasteiger partial charge >= 0.3 is 0 Å². The molecule has 1 saturated carbocycles. The Balaban J connectivity index is 1.69. The van der Waals surface area contributed by atoms with Crippen LogP contribution < -0.4 is 5.32 Å². The minimum Gasteiger partial charge on any atom is -0.385 e. The van der Waals surface area contributed by atoms with E-state index in [4.69, 9.17) is 6.42 Å². The van der Waals surface area contributed by atoms with E-state index in [1.54, 1.807) is 6.20 Å². The summed E-state index contributed by atoms with van der Waals surface area (Å²) in [6, 6.07) is 5.95. The Kier molecular flexibility index (Phi) is 5.77. The third-order valence-corrected chi connectivity index (χ3v) is 6.74. The van der Waals surface area contributed by atoms with E-state index in [2.05, 4.69) is 47.2 Å². The van der Waals surface area contributed by atoms with Crippen LogP contribution in [0.2, 0.25) is 0 Å². The van der Waals surface area contributed by atoms with Crippen LogP contribution in [0, 0.1) is 17.8 Å². The molecule has 0 unspecified atom stereocenters. The number of aliphatic hydroxyl groups is 1. The number of nitrogens with zero attached hydrogens (tertiary/aromatic N) is 1. The van der Waals surface area contributed by atoms with Crippen LogP contribution >= 0.6 is 0 Å². The number of anilines is 1. The van der Waals surface area contributed by atoms with Crippen LogP contribution in [0.3, 0.4) is 0 Å². The lowest BCUT2D eigenvalue weighted by molar-refractivity contribution is -0.000632. The lowest BCUT2D eigenvalue weighted by Crippen LogP contribution is -2.28. The first-order valence-corrected chi connectivity index (χ1v) is 11.2. The number of imidazole rings is 1. The molecule has 3 N–H and O–H groups in total. The molecule has 1 fully saturated rings. The predicted octanol–water partition coefficient (Wildman–Crippen LogP) is 5.39. The lowest BCUT2D eigenvalue weighted by Gasteiger charge is -2.34. The summed E-state index contributed by atoms with van der Waals surface area (Å²) < 4.78 is 0. The highest BCUT2D eigenvalue weighted by molar-refractivity contribution is 6.03. The van der Waals surface area contributed by atoms with E-state index in [0.29, 0.717) is 5.69 Å². The molecule has 1 amide bonds. The van der Waals surface area contributed by atoms with Gasteiger partial charge < -0.3 is 15.4 Å². The van der Waals surface area contributed by atoms with Gasteiger partial charge in [-0.15, -0.1) is 6.42 Å². The molecule has 0 aliphatic heterocycles. The van der Waals surface area contributed by atoms with Crippen LogP contribution in [0.5, 0.6) is 0 Å². The Hall–Kier alpha value is -2.84. The van der Waals surface area contributed by atoms with Crippen LogP contribution in [0.25, 0.3) is 5.57 Å². The molecule has 2 aliphatic rings. The van der Waals surface area contributed by atoms with E-state index in [9.17, 15) is 9.90 Å². The molecule has 1 aromatic heterocycles. The second-order valence-corrected chi connectivity index (χ2v) is 9.68. The summed E-state index contributed by atoms with van der Waals surface area (Å²) in [5, 5.41) is 14.3. The number of carbonyl (C=O) groups is 1. The molecule has 31 heavy (non-hydrogen) atoms. The first-order valence-electron chi connectivity index (χ1n) is 11.2. The maximum absolute atomic E-state index is 12.8. The van der Waals surface area contributed by atoms with Crippen molar-refractivity contribution in [3.63, 3.8) is 0 Å². The SMILES string of the molecule is C#Cc1c[nH]c(C(=O)Nc2ccc(C3(O)CCCCC3)cc2C2=CCC(C)(C)CC2)n1. The summed E-state index contributed by atoms with van der Waals surface area (Å²) in [6.45, 7) is 4.56. The number of aromatic amines is 1. The Morgan fingerprint density at radius 1 is 1.23 bits per heavy atom. The zero-order valence-electron chi connectivity index (χ0n) is 18.4. The third kappa shape index (κ3) is 4.60. The van der Waals surface area contributed by atoms with E-state index in [-0.39, 0.29) is 17.1 Å². The minimum atomic E-state index is -0.785. The average molecular weight is 418 g/mol. The molecule has 0 radical (unpaired) electrons. The third-order valence-electron chi connectivity index (χ3n) is 6.74. The van der Waals surface area contributed by atoms with E-state index >= 15 is 0 Å². The topological polar surface area (TPSA) is 78.0 Å². The fourth-order valence-electron chi connectivity index (χ4n) is 4.65. The Morgan fingerprint density at radius 2 is 2.00 bits per heavy atom. The smallest absolute Gasteiger partial charge is 0.291 e. The number of carbonyl (C=O) groups excluding carboxylic acids is 1. The molecule has 1 aromatic carbocycles. The molecule has 0 spiro atoms. The molecule has 0 bridgehead atoms. The van der Waals surface area contributed by atoms with Crippen LogP contribution in [-0.4, -0.2) is 21.0 Å². The number of rotatable bonds is 4. The monoisotopic (exact) mass is 417 g/mol. The largest absolute Gasteiger partial charge is 0.385 e. The summed E-state index contributed by atoms with van der Waals surface area (Å²) in [5.41, 5.74) is 3.79. The number of benzene rings is 1. The quantitative estimate of drug-likeness (QED) is 0.584. The minimum absolute atomic E-state index is 0.188. The van der Waals surface area contributed by atoms with Gasteiger partial charge in [-0.25, -0.2) is 4.98 Å². The molecule has 1 heterocycles. The standard InChI is InChI=1S/C26H31N3O2/c1-4-20-17-27-23(28-20)24(30)29-22-9-8-19(26(31)12-6-5-7-13-26)16-21(22)18-10-14-25(2,3)15-11-18/h1,8-10,16-17,31H,5-7,11-15H2,2-3H3,(H,27,28)(H,29,30). The van der Waals surface area contributed by atoms with Crippen molar-refractivity contribution in [2.24, 2.45) is 5.41 Å². The molecule has 0 saturated heterocycles. The van der Waals surface area contributed by atoms with Crippen molar-refractivity contribution in [1.82, 2.24) is 9.97 Å². The van der Waals surface area contributed by atoms with E-state index in [1.807, 2.05) is 12.1 Å². The molecule has 2 aromatic rings. The van der Waals surface area contributed by atoms with E-state index in [0.717, 1.165) is 61.8 Å². The molecular weight excluding hydrogens is 386 g/mol. The van der Waals surface area contributed by atoms with Crippen molar-refractivity contribution >= 4 is 17.2 Å². The number of hydrogen-bond acceptors (Lipinski definition) is 3. The van der Waals surface area contributed by atoms with Crippen molar-refractivity contribution in [3.05, 3.63) is 53.1 Å². The van der Waals surface area contributed by atoms with Crippen molar-refractivity contribution < 1.29 is 9.90 Å². The van der Waals surface area contributed by atoms with Gasteiger partial charge in [-0.05, 0) is 66.7 Å². The first kappa shape index (κ1) is 21.4. The maximum Gasteiger partial charge on any atom is 0.291 e. The Bertz CT molecular complexity index is 1050. The highest BCUT2D eigenvalue weighted by Gasteiger charge is 2.32. The molecule has 5 nitrogen and oxygen atoms in total. The number of nitrogens with one attached hydrogen (secondary N) is 2. The number of amides is 1. The highest BCUT2D eigenvalue weighted by Crippen LogP contribution is 2.43. The number of allylic oxidation sites excluding steroid dienone is 2. The molecule has 162 valence electrons. The first-order chi connectivity index (χ1) is 14.8. The van der Waals surface area contributed by atoms with Gasteiger partial charge in [0.15, 0.2) is 5.82 Å². The fourth-order valence-corrected chi connectivity index (χ4v) is 4.65. The Morgan fingerprint density at radius 3 is 2.65 bits per heavy atom. The second kappa shape index (κ2) is 8.36. The normalized spacial score (nSPS) is 19.9. The van der Waals surface area contributed by atoms with Gasteiger partial charge in [0.2, 0.25) is 0 Å². The van der Waals surface area contributed by atoms with Crippen molar-refractivity contribution in [1.29, 1.82) is 0 Å². The van der Waals surface area contributed by atoms with Crippen molar-refractivity contribution in [3.8, 4) is 12.3 Å². The van der Waals surface area contributed by atoms with Crippen LogP contribution in [-0.2, 0) is 5.60 Å². The van der Waals surface area contributed by atoms with Gasteiger partial charge in [-0.1, -0.05) is 45.3 Å². The summed E-state index contributed by atoms with van der Waals surface area (Å²) in [6.07, 6.45) is 17.0. The summed E-state index contributed by atoms with van der Waals surface area (Å²) >= 11 is 0. The van der Waals surface area contributed by atoms with Gasteiger partial charge in [0.05, 0.1) is 5.60 Å². The van der Waals surface area contributed by atoms with Crippen LogP contribution in [0.15, 0.2) is 30.5 Å². The number of aromatic nitrogens is 2. The van der Waals surface area contributed by atoms with Gasteiger partial charge in [-0.2, -0.15) is 0 Å². The molecule has 0 atom stereocenters. The van der Waals surface area contributed by atoms with Gasteiger partial charge in [-0.3, -0.25) is 4.79 Å². The molecule has 2 aliphatic carbocycles. The highest BCUT2D eigenvalue weighted by atomic mass is 16.3. The number of terminal acetylenes is 1. The average Bonchev–Trinajstić information content (AvgIpc) is 3.24. The zero-order chi connectivity index (χ0) is 22.1. The Labute approximate surface area is 184 Å². The summed E-state index contributed by atoms with van der Waals surface area (Å²) in [5.74, 6) is 2.28. The molecule has 4 rings (SSSR count). The number of hydrogen-bond donors (Lipinski definition) is 3. The molecular formula is C26H31N3O2. The van der Waals surface area contributed by atoms with Gasteiger partial charge in [0.25, 0.3) is 5.91 Å². The zero-order valence-corrected chi connectivity index (χ0v) is 18.4. The van der Waals surface area contributed by atoms with Crippen LogP contribution in [0.1, 0.15) is 92.7 Å². The maximum atomic E-state index is 12.8. The van der Waals surface area contributed by atoms with Crippen molar-refractivity contribution in [2.75, 3.05) is 5.32 Å². The predicted molar refractivity (Wildman–Crippen MR) is 124 cm³/mol. The fraction of sp³-hybridized carbons (Fsp3) is 0.462. The molecule has 5 heteroatoms.